The highest BCUT2D eigenvalue weighted by Gasteiger charge is 2.78. The van der Waals surface area contributed by atoms with Crippen LogP contribution in [0.2, 0.25) is 5.02 Å². The van der Waals surface area contributed by atoms with Crippen molar-refractivity contribution >= 4 is 35.1 Å². The van der Waals surface area contributed by atoms with Gasteiger partial charge in [0.1, 0.15) is 17.6 Å². The summed E-state index contributed by atoms with van der Waals surface area (Å²) in [7, 11) is 0. The van der Waals surface area contributed by atoms with E-state index in [1.54, 1.807) is 46.2 Å². The van der Waals surface area contributed by atoms with Gasteiger partial charge < -0.3 is 24.4 Å². The van der Waals surface area contributed by atoms with Gasteiger partial charge in [-0.3, -0.25) is 14.4 Å². The number of hydrogen-bond acceptors (Lipinski definition) is 6. The van der Waals surface area contributed by atoms with Gasteiger partial charge in [0.2, 0.25) is 5.91 Å². The summed E-state index contributed by atoms with van der Waals surface area (Å²) >= 11 is 6.09. The number of carbonyl (C=O) groups excluding carboxylic acids is 3. The molecule has 2 unspecified atom stereocenters. The highest BCUT2D eigenvalue weighted by Crippen LogP contribution is 2.63. The van der Waals surface area contributed by atoms with Gasteiger partial charge in [-0.2, -0.15) is 0 Å². The number of hydrogen-bond donors (Lipinski definition) is 1. The number of amides is 2. The Morgan fingerprint density at radius 2 is 1.95 bits per heavy atom. The van der Waals surface area contributed by atoms with Gasteiger partial charge in [-0.25, -0.2) is 0 Å². The normalized spacial score (nSPS) is 29.3. The first-order valence-corrected chi connectivity index (χ1v) is 13.7. The smallest absolute Gasteiger partial charge is 0.312 e. The topological polar surface area (TPSA) is 96.4 Å². The number of halogens is 1. The Hall–Kier alpha value is -2.68. The van der Waals surface area contributed by atoms with Gasteiger partial charge in [-0.15, -0.1) is 13.2 Å². The molecule has 38 heavy (non-hydrogen) atoms. The quantitative estimate of drug-likeness (QED) is 0.230. The fraction of sp³-hybridized carbons (Fsp3) is 0.552. The zero-order valence-electron chi connectivity index (χ0n) is 21.9. The summed E-state index contributed by atoms with van der Waals surface area (Å²) in [6.45, 7) is 10.1. The Bertz CT molecular complexity index is 1080. The maximum Gasteiger partial charge on any atom is 0.312 e. The van der Waals surface area contributed by atoms with Crippen LogP contribution in [-0.2, 0) is 23.9 Å². The summed E-state index contributed by atoms with van der Waals surface area (Å²) in [5.41, 5.74) is -1.41. The standard InChI is InChI=1S/C29H37ClN2O6/c1-4-6-9-19-37-27(36)23-22-25(34)32(17-7-8-18-33)24(29(22)15-14-28(23,3)38-29)26(35)31(16-5-2)21-12-10-20(30)11-13-21/h4-5,10-13,22-24,33H,1-2,6-9,14-19H2,3H3/t22-,23-,24?,28+,29?/m0/s1. The maximum absolute atomic E-state index is 14.4. The number of carbonyl (C=O) groups is 3. The summed E-state index contributed by atoms with van der Waals surface area (Å²) in [6, 6.07) is 6.00. The van der Waals surface area contributed by atoms with Crippen molar-refractivity contribution in [1.29, 1.82) is 0 Å². The van der Waals surface area contributed by atoms with Crippen molar-refractivity contribution in [2.45, 2.75) is 62.7 Å². The van der Waals surface area contributed by atoms with Gasteiger partial charge in [-0.1, -0.05) is 23.8 Å². The molecule has 1 aromatic carbocycles. The van der Waals surface area contributed by atoms with E-state index in [0.29, 0.717) is 42.8 Å². The van der Waals surface area contributed by atoms with Crippen LogP contribution in [0, 0.1) is 11.8 Å². The number of anilines is 1. The Morgan fingerprint density at radius 3 is 2.61 bits per heavy atom. The largest absolute Gasteiger partial charge is 0.465 e. The fourth-order valence-corrected chi connectivity index (χ4v) is 6.53. The van der Waals surface area contributed by atoms with Gasteiger partial charge >= 0.3 is 5.97 Å². The lowest BCUT2D eigenvalue weighted by Crippen LogP contribution is -2.56. The van der Waals surface area contributed by atoms with Crippen molar-refractivity contribution in [1.82, 2.24) is 4.90 Å². The van der Waals surface area contributed by atoms with Crippen molar-refractivity contribution in [2.75, 3.05) is 31.2 Å². The van der Waals surface area contributed by atoms with E-state index >= 15 is 0 Å². The first-order chi connectivity index (χ1) is 18.2. The molecule has 1 aromatic rings. The molecule has 0 aliphatic carbocycles. The zero-order valence-corrected chi connectivity index (χ0v) is 22.7. The van der Waals surface area contributed by atoms with Crippen LogP contribution in [0.15, 0.2) is 49.6 Å². The molecule has 206 valence electrons. The molecule has 4 rings (SSSR count). The third-order valence-corrected chi connectivity index (χ3v) is 8.34. The number of esters is 1. The van der Waals surface area contributed by atoms with Crippen LogP contribution in [0.4, 0.5) is 5.69 Å². The van der Waals surface area contributed by atoms with Crippen molar-refractivity contribution in [3.8, 4) is 0 Å². The van der Waals surface area contributed by atoms with E-state index in [0.717, 1.165) is 6.42 Å². The molecule has 1 spiro atoms. The summed E-state index contributed by atoms with van der Waals surface area (Å²) in [5.74, 6) is -2.63. The second kappa shape index (κ2) is 11.6. The Balaban J connectivity index is 1.71. The molecule has 5 atom stereocenters. The van der Waals surface area contributed by atoms with Crippen LogP contribution < -0.4 is 4.90 Å². The maximum atomic E-state index is 14.4. The van der Waals surface area contributed by atoms with Crippen molar-refractivity contribution in [3.05, 3.63) is 54.6 Å². The van der Waals surface area contributed by atoms with Crippen LogP contribution >= 0.6 is 11.6 Å². The average molecular weight is 545 g/mol. The number of likely N-dealkylation sites (tertiary alicyclic amines) is 1. The van der Waals surface area contributed by atoms with E-state index in [-0.39, 0.29) is 38.1 Å². The molecule has 2 bridgehead atoms. The number of allylic oxidation sites excluding steroid dienone is 1. The van der Waals surface area contributed by atoms with Crippen LogP contribution in [0.1, 0.15) is 45.4 Å². The predicted octanol–water partition coefficient (Wildman–Crippen LogP) is 3.91. The molecular formula is C29H37ClN2O6. The van der Waals surface area contributed by atoms with Crippen molar-refractivity contribution in [2.24, 2.45) is 11.8 Å². The van der Waals surface area contributed by atoms with Crippen molar-refractivity contribution in [3.63, 3.8) is 0 Å². The van der Waals surface area contributed by atoms with Crippen molar-refractivity contribution < 1.29 is 29.0 Å². The second-order valence-electron chi connectivity index (χ2n) is 10.5. The van der Waals surface area contributed by atoms with Crippen LogP contribution in [0.5, 0.6) is 0 Å². The lowest BCUT2D eigenvalue weighted by atomic mass is 9.66. The lowest BCUT2D eigenvalue weighted by molar-refractivity contribution is -0.159. The summed E-state index contributed by atoms with van der Waals surface area (Å²) < 4.78 is 12.2. The minimum atomic E-state index is -1.14. The molecule has 3 fully saturated rings. The minimum Gasteiger partial charge on any atom is -0.465 e. The summed E-state index contributed by atoms with van der Waals surface area (Å²) in [6.07, 6.45) is 6.80. The molecule has 1 N–H and O–H groups in total. The average Bonchev–Trinajstić information content (AvgIpc) is 3.46. The third-order valence-electron chi connectivity index (χ3n) is 8.08. The predicted molar refractivity (Wildman–Crippen MR) is 145 cm³/mol. The summed E-state index contributed by atoms with van der Waals surface area (Å²) in [4.78, 5) is 44.9. The van der Waals surface area contributed by atoms with E-state index in [1.165, 1.54) is 0 Å². The molecule has 0 saturated carbocycles. The summed E-state index contributed by atoms with van der Waals surface area (Å²) in [5, 5.41) is 9.89. The van der Waals surface area contributed by atoms with E-state index in [2.05, 4.69) is 13.2 Å². The highest BCUT2D eigenvalue weighted by atomic mass is 35.5. The number of rotatable bonds is 13. The van der Waals surface area contributed by atoms with E-state index in [9.17, 15) is 19.5 Å². The van der Waals surface area contributed by atoms with Crippen LogP contribution in [0.25, 0.3) is 0 Å². The Kier molecular flexibility index (Phi) is 8.65. The fourth-order valence-electron chi connectivity index (χ4n) is 6.41. The number of aliphatic hydroxyl groups is 1. The van der Waals surface area contributed by atoms with Gasteiger partial charge in [0, 0.05) is 30.4 Å². The van der Waals surface area contributed by atoms with Gasteiger partial charge in [0.25, 0.3) is 5.91 Å². The van der Waals surface area contributed by atoms with Gasteiger partial charge in [0.15, 0.2) is 0 Å². The first-order valence-electron chi connectivity index (χ1n) is 13.3. The number of ether oxygens (including phenoxy) is 2. The van der Waals surface area contributed by atoms with E-state index in [4.69, 9.17) is 21.1 Å². The molecule has 3 aliphatic heterocycles. The van der Waals surface area contributed by atoms with E-state index < -0.39 is 35.0 Å². The number of nitrogens with zero attached hydrogens (tertiary/aromatic N) is 2. The minimum absolute atomic E-state index is 0.0171. The van der Waals surface area contributed by atoms with Gasteiger partial charge in [0.05, 0.1) is 18.1 Å². The molecule has 2 amide bonds. The number of fused-ring (bicyclic) bond motifs is 1. The Morgan fingerprint density at radius 1 is 1.21 bits per heavy atom. The zero-order chi connectivity index (χ0) is 27.5. The third kappa shape index (κ3) is 4.90. The molecule has 0 radical (unpaired) electrons. The molecule has 8 nitrogen and oxygen atoms in total. The second-order valence-corrected chi connectivity index (χ2v) is 10.9. The lowest BCUT2D eigenvalue weighted by Gasteiger charge is -2.36. The SMILES string of the molecule is C=CCCCOC(=O)[C@@H]1[C@H]2C(=O)N(CCCCO)C(C(=O)N(CC=C)c3ccc(Cl)cc3)C23CC[C@@]1(C)O3. The number of unbranched alkanes of at least 4 members (excludes halogenated alkanes) is 2. The molecule has 3 heterocycles. The monoisotopic (exact) mass is 544 g/mol. The molecule has 3 saturated heterocycles. The molecule has 9 heteroatoms. The molecule has 0 aromatic heterocycles. The number of aliphatic hydroxyl groups excluding tert-OH is 1. The van der Waals surface area contributed by atoms with E-state index in [1.807, 2.05) is 6.92 Å². The first kappa shape index (κ1) is 28.3. The molecule has 3 aliphatic rings. The van der Waals surface area contributed by atoms with Crippen LogP contribution in [-0.4, -0.2) is 71.3 Å². The highest BCUT2D eigenvalue weighted by molar-refractivity contribution is 6.30. The Labute approximate surface area is 229 Å². The van der Waals surface area contributed by atoms with Gasteiger partial charge in [-0.05, 0) is 69.7 Å². The number of benzene rings is 1. The molecular weight excluding hydrogens is 508 g/mol. The van der Waals surface area contributed by atoms with Crippen LogP contribution in [0.3, 0.4) is 0 Å².